The molecule has 0 radical (unpaired) electrons. The molecule has 0 heteroatoms. The van der Waals surface area contributed by atoms with Crippen LogP contribution in [0.25, 0.3) is 0 Å². The molecule has 0 unspecified atom stereocenters. The molecule has 1 aromatic rings. The largest absolute Gasteiger partial charge is 0.0807 e. The highest BCUT2D eigenvalue weighted by molar-refractivity contribution is 5.51. The number of benzene rings is 1. The zero-order chi connectivity index (χ0) is 13.9. The Morgan fingerprint density at radius 1 is 0.895 bits per heavy atom. The second-order valence-electron chi connectivity index (χ2n) is 5.71. The highest BCUT2D eigenvalue weighted by Crippen LogP contribution is 2.43. The summed E-state index contributed by atoms with van der Waals surface area (Å²) in [6, 6.07) is 8.97. The summed E-state index contributed by atoms with van der Waals surface area (Å²) in [4.78, 5) is 0. The van der Waals surface area contributed by atoms with Crippen LogP contribution in [-0.2, 0) is 11.8 Å². The van der Waals surface area contributed by atoms with Crippen molar-refractivity contribution in [2.75, 3.05) is 0 Å². The molecule has 0 nitrogen and oxygen atoms in total. The molecular formula is C19H26. The molecule has 0 spiro atoms. The zero-order valence-corrected chi connectivity index (χ0v) is 12.8. The topological polar surface area (TPSA) is 0 Å². The lowest BCUT2D eigenvalue weighted by molar-refractivity contribution is 0.622. The van der Waals surface area contributed by atoms with E-state index in [1.54, 1.807) is 11.1 Å². The average molecular weight is 254 g/mol. The Labute approximate surface area is 118 Å². The van der Waals surface area contributed by atoms with Gasteiger partial charge in [-0.05, 0) is 48.0 Å². The lowest BCUT2D eigenvalue weighted by Gasteiger charge is -2.31. The van der Waals surface area contributed by atoms with E-state index in [0.29, 0.717) is 0 Å². The third-order valence-corrected chi connectivity index (χ3v) is 4.28. The second kappa shape index (κ2) is 5.77. The van der Waals surface area contributed by atoms with Gasteiger partial charge in [0, 0.05) is 5.41 Å². The summed E-state index contributed by atoms with van der Waals surface area (Å²) < 4.78 is 0. The van der Waals surface area contributed by atoms with E-state index in [9.17, 15) is 0 Å². The van der Waals surface area contributed by atoms with E-state index in [4.69, 9.17) is 0 Å². The molecular weight excluding hydrogens is 228 g/mol. The Bertz CT molecular complexity index is 501. The fourth-order valence-electron chi connectivity index (χ4n) is 3.38. The van der Waals surface area contributed by atoms with Crippen LogP contribution in [0.5, 0.6) is 0 Å². The number of rotatable bonds is 0. The molecule has 0 aromatic heterocycles. The van der Waals surface area contributed by atoms with Gasteiger partial charge in [0.2, 0.25) is 0 Å². The van der Waals surface area contributed by atoms with Crippen LogP contribution in [0.2, 0.25) is 0 Å². The molecule has 0 fully saturated rings. The van der Waals surface area contributed by atoms with Gasteiger partial charge in [0.15, 0.2) is 0 Å². The van der Waals surface area contributed by atoms with Crippen LogP contribution in [0, 0.1) is 0 Å². The molecule has 2 aliphatic carbocycles. The number of hydrogen-bond donors (Lipinski definition) is 0. The molecule has 0 bridgehead atoms. The van der Waals surface area contributed by atoms with Crippen molar-refractivity contribution in [2.24, 2.45) is 0 Å². The number of hydrogen-bond acceptors (Lipinski definition) is 0. The molecule has 0 heterocycles. The standard InChI is InChI=1S/C17H20.C2H6/c1-17(2)15-9-5-3-7-13(15)11-12-14-8-4-6-10-16(14)17;1-2/h3,5,7-10H,4,6,11-12H2,1-2H3;1-2H3. The van der Waals surface area contributed by atoms with Crippen LogP contribution in [0.15, 0.2) is 47.6 Å². The maximum Gasteiger partial charge on any atom is 0.0148 e. The van der Waals surface area contributed by atoms with Gasteiger partial charge in [0.25, 0.3) is 0 Å². The minimum Gasteiger partial charge on any atom is -0.0807 e. The van der Waals surface area contributed by atoms with Crippen LogP contribution in [0.1, 0.15) is 58.1 Å². The fraction of sp³-hybridized carbons (Fsp3) is 0.474. The maximum atomic E-state index is 2.47. The van der Waals surface area contributed by atoms with Crippen LogP contribution < -0.4 is 0 Å². The highest BCUT2D eigenvalue weighted by Gasteiger charge is 2.32. The van der Waals surface area contributed by atoms with E-state index >= 15 is 0 Å². The minimum atomic E-state index is 0.180. The maximum absolute atomic E-state index is 2.47. The van der Waals surface area contributed by atoms with Gasteiger partial charge >= 0.3 is 0 Å². The third-order valence-electron chi connectivity index (χ3n) is 4.28. The van der Waals surface area contributed by atoms with E-state index < -0.39 is 0 Å². The van der Waals surface area contributed by atoms with E-state index in [-0.39, 0.29) is 5.41 Å². The van der Waals surface area contributed by atoms with Crippen molar-refractivity contribution in [3.63, 3.8) is 0 Å². The summed E-state index contributed by atoms with van der Waals surface area (Å²) in [6.07, 6.45) is 9.78. The first-order valence-corrected chi connectivity index (χ1v) is 7.68. The van der Waals surface area contributed by atoms with Crippen molar-refractivity contribution < 1.29 is 0 Å². The Morgan fingerprint density at radius 3 is 2.37 bits per heavy atom. The van der Waals surface area contributed by atoms with Crippen molar-refractivity contribution in [1.29, 1.82) is 0 Å². The molecule has 102 valence electrons. The second-order valence-corrected chi connectivity index (χ2v) is 5.71. The lowest BCUT2D eigenvalue weighted by Crippen LogP contribution is -2.22. The Hall–Kier alpha value is -1.30. The first-order valence-electron chi connectivity index (χ1n) is 7.68. The van der Waals surface area contributed by atoms with Crippen LogP contribution in [-0.4, -0.2) is 0 Å². The quantitative estimate of drug-likeness (QED) is 0.566. The Kier molecular flexibility index (Phi) is 4.29. The molecule has 19 heavy (non-hydrogen) atoms. The van der Waals surface area contributed by atoms with Gasteiger partial charge in [-0.25, -0.2) is 0 Å². The van der Waals surface area contributed by atoms with E-state index in [2.05, 4.69) is 50.3 Å². The third kappa shape index (κ3) is 2.54. The highest BCUT2D eigenvalue weighted by atomic mass is 14.4. The summed E-state index contributed by atoms with van der Waals surface area (Å²) in [6.45, 7) is 8.75. The SMILES string of the molecule is CC.CC1(C)C2=CCCC=C2CCc2ccccc21. The van der Waals surface area contributed by atoms with Crippen molar-refractivity contribution in [2.45, 2.75) is 58.8 Å². The molecule has 0 aliphatic heterocycles. The molecule has 0 N–H and O–H groups in total. The van der Waals surface area contributed by atoms with Gasteiger partial charge in [0.1, 0.15) is 0 Å². The Morgan fingerprint density at radius 2 is 1.58 bits per heavy atom. The van der Waals surface area contributed by atoms with E-state index in [0.717, 1.165) is 0 Å². The predicted molar refractivity (Wildman–Crippen MR) is 84.5 cm³/mol. The number of fused-ring (bicyclic) bond motifs is 2. The zero-order valence-electron chi connectivity index (χ0n) is 12.8. The van der Waals surface area contributed by atoms with Crippen molar-refractivity contribution in [1.82, 2.24) is 0 Å². The van der Waals surface area contributed by atoms with Gasteiger partial charge < -0.3 is 0 Å². The normalized spacial score (nSPS) is 19.8. The number of allylic oxidation sites excluding steroid dienone is 4. The minimum absolute atomic E-state index is 0.180. The van der Waals surface area contributed by atoms with Crippen molar-refractivity contribution >= 4 is 0 Å². The molecule has 0 saturated carbocycles. The first kappa shape index (κ1) is 14.1. The van der Waals surface area contributed by atoms with Gasteiger partial charge in [-0.2, -0.15) is 0 Å². The van der Waals surface area contributed by atoms with Crippen LogP contribution >= 0.6 is 0 Å². The van der Waals surface area contributed by atoms with Crippen LogP contribution in [0.3, 0.4) is 0 Å². The molecule has 2 aliphatic rings. The summed E-state index contributed by atoms with van der Waals surface area (Å²) in [5.41, 5.74) is 6.41. The predicted octanol–water partition coefficient (Wildman–Crippen LogP) is 5.58. The number of aryl methyl sites for hydroxylation is 1. The molecule has 0 atom stereocenters. The lowest BCUT2D eigenvalue weighted by atomic mass is 9.73. The molecule has 3 rings (SSSR count). The van der Waals surface area contributed by atoms with Gasteiger partial charge in [-0.1, -0.05) is 64.1 Å². The van der Waals surface area contributed by atoms with E-state index in [1.165, 1.54) is 36.8 Å². The van der Waals surface area contributed by atoms with Gasteiger partial charge in [0.05, 0.1) is 0 Å². The fourth-order valence-corrected chi connectivity index (χ4v) is 3.38. The van der Waals surface area contributed by atoms with Gasteiger partial charge in [-0.3, -0.25) is 0 Å². The summed E-state index contributed by atoms with van der Waals surface area (Å²) >= 11 is 0. The van der Waals surface area contributed by atoms with Gasteiger partial charge in [-0.15, -0.1) is 0 Å². The Balaban J connectivity index is 0.000000637. The average Bonchev–Trinajstić information content (AvgIpc) is 2.58. The smallest absolute Gasteiger partial charge is 0.0148 e. The molecule has 0 saturated heterocycles. The summed E-state index contributed by atoms with van der Waals surface area (Å²) in [5.74, 6) is 0. The summed E-state index contributed by atoms with van der Waals surface area (Å²) in [7, 11) is 0. The van der Waals surface area contributed by atoms with Crippen molar-refractivity contribution in [3.05, 3.63) is 58.7 Å². The molecule has 0 amide bonds. The van der Waals surface area contributed by atoms with E-state index in [1.807, 2.05) is 13.8 Å². The monoisotopic (exact) mass is 254 g/mol. The van der Waals surface area contributed by atoms with Crippen LogP contribution in [0.4, 0.5) is 0 Å². The molecule has 1 aromatic carbocycles. The van der Waals surface area contributed by atoms with Crippen molar-refractivity contribution in [3.8, 4) is 0 Å². The summed E-state index contributed by atoms with van der Waals surface area (Å²) in [5, 5.41) is 0. The first-order chi connectivity index (χ1) is 9.19.